The lowest BCUT2D eigenvalue weighted by atomic mass is 9.80. The summed E-state index contributed by atoms with van der Waals surface area (Å²) in [6.07, 6.45) is 1.78. The van der Waals surface area contributed by atoms with Gasteiger partial charge in [0.15, 0.2) is 0 Å². The van der Waals surface area contributed by atoms with Crippen LogP contribution in [0.1, 0.15) is 61.3 Å². The van der Waals surface area contributed by atoms with Gasteiger partial charge in [0, 0.05) is 26.1 Å². The van der Waals surface area contributed by atoms with E-state index in [4.69, 9.17) is 4.74 Å². The van der Waals surface area contributed by atoms with E-state index in [1.807, 2.05) is 39.6 Å². The molecule has 0 atom stereocenters. The molecule has 0 saturated heterocycles. The van der Waals surface area contributed by atoms with Crippen molar-refractivity contribution in [2.24, 2.45) is 10.8 Å². The highest BCUT2D eigenvalue weighted by Crippen LogP contribution is 2.32. The maximum absolute atomic E-state index is 12.6. The highest BCUT2D eigenvalue weighted by atomic mass is 16.5. The average Bonchev–Trinajstić information content (AvgIpc) is 2.26. The van der Waals surface area contributed by atoms with Gasteiger partial charge in [0.1, 0.15) is 0 Å². The molecule has 0 saturated carbocycles. The van der Waals surface area contributed by atoms with E-state index in [9.17, 15) is 4.79 Å². The van der Waals surface area contributed by atoms with Crippen molar-refractivity contribution in [3.8, 4) is 0 Å². The number of carbonyl (C=O) groups is 1. The minimum absolute atomic E-state index is 0.164. The van der Waals surface area contributed by atoms with E-state index in [1.165, 1.54) is 0 Å². The Morgan fingerprint density at radius 3 is 1.95 bits per heavy atom. The van der Waals surface area contributed by atoms with E-state index in [2.05, 4.69) is 20.8 Å². The molecule has 0 aliphatic carbocycles. The zero-order valence-electron chi connectivity index (χ0n) is 14.4. The summed E-state index contributed by atoms with van der Waals surface area (Å²) in [5.41, 5.74) is -0.518. The third-order valence-electron chi connectivity index (χ3n) is 3.97. The summed E-state index contributed by atoms with van der Waals surface area (Å²) in [6, 6.07) is 0. The Labute approximate surface area is 119 Å². The molecule has 0 unspecified atom stereocenters. The van der Waals surface area contributed by atoms with Crippen molar-refractivity contribution in [3.63, 3.8) is 0 Å². The van der Waals surface area contributed by atoms with Gasteiger partial charge >= 0.3 is 0 Å². The van der Waals surface area contributed by atoms with Gasteiger partial charge in [0.25, 0.3) is 0 Å². The molecule has 3 heteroatoms. The monoisotopic (exact) mass is 271 g/mol. The van der Waals surface area contributed by atoms with E-state index in [0.29, 0.717) is 6.42 Å². The minimum atomic E-state index is -0.405. The van der Waals surface area contributed by atoms with Crippen LogP contribution in [0.2, 0.25) is 0 Å². The van der Waals surface area contributed by atoms with Gasteiger partial charge in [-0.3, -0.25) is 4.79 Å². The second-order valence-corrected chi connectivity index (χ2v) is 7.70. The zero-order chi connectivity index (χ0) is 15.5. The van der Waals surface area contributed by atoms with Crippen molar-refractivity contribution in [2.45, 2.75) is 66.9 Å². The summed E-state index contributed by atoms with van der Waals surface area (Å²) in [6.45, 7) is 15.4. The van der Waals surface area contributed by atoms with Crippen LogP contribution in [-0.4, -0.2) is 37.1 Å². The number of rotatable bonds is 7. The molecule has 0 aromatic heterocycles. The van der Waals surface area contributed by atoms with Gasteiger partial charge in [-0.1, -0.05) is 34.6 Å². The summed E-state index contributed by atoms with van der Waals surface area (Å²) >= 11 is 0. The van der Waals surface area contributed by atoms with Gasteiger partial charge in [-0.2, -0.15) is 0 Å². The Balaban J connectivity index is 4.80. The van der Waals surface area contributed by atoms with E-state index in [0.717, 1.165) is 13.0 Å². The minimum Gasteiger partial charge on any atom is -0.379 e. The van der Waals surface area contributed by atoms with Crippen molar-refractivity contribution in [2.75, 3.05) is 20.7 Å². The molecule has 1 amide bonds. The standard InChI is InChI=1S/C16H33NO2/c1-10-14(2,3)12-17(8)13(18)15(4,5)11-16(6,7)19-9/h10-12H2,1-9H3. The van der Waals surface area contributed by atoms with Gasteiger partial charge in [-0.15, -0.1) is 0 Å². The van der Waals surface area contributed by atoms with E-state index in [1.54, 1.807) is 7.11 Å². The summed E-state index contributed by atoms with van der Waals surface area (Å²) in [5, 5.41) is 0. The Morgan fingerprint density at radius 2 is 1.58 bits per heavy atom. The molecule has 0 aromatic rings. The van der Waals surface area contributed by atoms with Crippen LogP contribution in [0.5, 0.6) is 0 Å². The highest BCUT2D eigenvalue weighted by molar-refractivity contribution is 5.81. The zero-order valence-corrected chi connectivity index (χ0v) is 14.4. The van der Waals surface area contributed by atoms with Gasteiger partial charge < -0.3 is 9.64 Å². The van der Waals surface area contributed by atoms with Crippen LogP contribution in [0, 0.1) is 10.8 Å². The van der Waals surface area contributed by atoms with Crippen molar-refractivity contribution in [1.29, 1.82) is 0 Å². The van der Waals surface area contributed by atoms with Crippen LogP contribution in [-0.2, 0) is 9.53 Å². The lowest BCUT2D eigenvalue weighted by molar-refractivity contribution is -0.144. The molecule has 3 nitrogen and oxygen atoms in total. The Kier molecular flexibility index (Phi) is 6.07. The van der Waals surface area contributed by atoms with Gasteiger partial charge in [-0.05, 0) is 32.1 Å². The highest BCUT2D eigenvalue weighted by Gasteiger charge is 2.37. The molecule has 0 spiro atoms. The normalized spacial score (nSPS) is 13.5. The van der Waals surface area contributed by atoms with Crippen LogP contribution in [0.15, 0.2) is 0 Å². The number of hydrogen-bond donors (Lipinski definition) is 0. The fourth-order valence-electron chi connectivity index (χ4n) is 2.55. The molecule has 0 radical (unpaired) electrons. The fourth-order valence-corrected chi connectivity index (χ4v) is 2.55. The largest absolute Gasteiger partial charge is 0.379 e. The summed E-state index contributed by atoms with van der Waals surface area (Å²) in [5.74, 6) is 0.194. The van der Waals surface area contributed by atoms with Crippen molar-refractivity contribution in [3.05, 3.63) is 0 Å². The van der Waals surface area contributed by atoms with Crippen LogP contribution in [0.25, 0.3) is 0 Å². The summed E-state index contributed by atoms with van der Waals surface area (Å²) in [4.78, 5) is 14.5. The van der Waals surface area contributed by atoms with Crippen LogP contribution < -0.4 is 0 Å². The molecule has 19 heavy (non-hydrogen) atoms. The first-order chi connectivity index (χ1) is 8.37. The fraction of sp³-hybridized carbons (Fsp3) is 0.938. The van der Waals surface area contributed by atoms with Crippen molar-refractivity contribution in [1.82, 2.24) is 4.90 Å². The molecule has 0 bridgehead atoms. The molecule has 0 heterocycles. The molecular formula is C16H33NO2. The maximum atomic E-state index is 12.6. The topological polar surface area (TPSA) is 29.5 Å². The smallest absolute Gasteiger partial charge is 0.228 e. The van der Waals surface area contributed by atoms with Crippen LogP contribution >= 0.6 is 0 Å². The maximum Gasteiger partial charge on any atom is 0.228 e. The Morgan fingerprint density at radius 1 is 1.11 bits per heavy atom. The summed E-state index contributed by atoms with van der Waals surface area (Å²) in [7, 11) is 3.60. The number of amides is 1. The van der Waals surface area contributed by atoms with Gasteiger partial charge in [0.2, 0.25) is 5.91 Å². The number of ether oxygens (including phenoxy) is 1. The molecule has 0 rings (SSSR count). The van der Waals surface area contributed by atoms with Gasteiger partial charge in [0.05, 0.1) is 5.60 Å². The van der Waals surface area contributed by atoms with E-state index in [-0.39, 0.29) is 16.9 Å². The lowest BCUT2D eigenvalue weighted by Gasteiger charge is -2.38. The predicted molar refractivity (Wildman–Crippen MR) is 81.2 cm³/mol. The Hall–Kier alpha value is -0.570. The van der Waals surface area contributed by atoms with E-state index < -0.39 is 5.41 Å². The van der Waals surface area contributed by atoms with Crippen LogP contribution in [0.4, 0.5) is 0 Å². The predicted octanol–water partition coefficient (Wildman–Crippen LogP) is 3.72. The van der Waals surface area contributed by atoms with E-state index >= 15 is 0 Å². The molecule has 0 aliphatic heterocycles. The third kappa shape index (κ3) is 5.94. The molecule has 0 N–H and O–H groups in total. The van der Waals surface area contributed by atoms with Gasteiger partial charge in [-0.25, -0.2) is 0 Å². The number of nitrogens with zero attached hydrogens (tertiary/aromatic N) is 1. The first-order valence-corrected chi connectivity index (χ1v) is 7.17. The second-order valence-electron chi connectivity index (χ2n) is 7.70. The van der Waals surface area contributed by atoms with Crippen LogP contribution in [0.3, 0.4) is 0 Å². The third-order valence-corrected chi connectivity index (χ3v) is 3.97. The first-order valence-electron chi connectivity index (χ1n) is 7.17. The first kappa shape index (κ1) is 18.4. The molecule has 0 aromatic carbocycles. The average molecular weight is 271 g/mol. The molecule has 0 fully saturated rings. The number of carbonyl (C=O) groups excluding carboxylic acids is 1. The summed E-state index contributed by atoms with van der Waals surface area (Å²) < 4.78 is 5.45. The molecule has 0 aliphatic rings. The quantitative estimate of drug-likeness (QED) is 0.706. The molecule has 114 valence electrons. The molecular weight excluding hydrogens is 238 g/mol. The Bertz CT molecular complexity index is 306. The second kappa shape index (κ2) is 6.25. The number of hydrogen-bond acceptors (Lipinski definition) is 2. The SMILES string of the molecule is CCC(C)(C)CN(C)C(=O)C(C)(C)CC(C)(C)OC. The van der Waals surface area contributed by atoms with Crippen molar-refractivity contribution < 1.29 is 9.53 Å². The number of methoxy groups -OCH3 is 1. The lowest BCUT2D eigenvalue weighted by Crippen LogP contribution is -2.45. The van der Waals surface area contributed by atoms with Crippen molar-refractivity contribution >= 4 is 5.91 Å².